The number of Topliss-reactive ketones (excluding diaryl/α,β-unsaturated/α-hetero) is 1. The van der Waals surface area contributed by atoms with Gasteiger partial charge >= 0.3 is 0 Å². The molecule has 0 aromatic carbocycles. The van der Waals surface area contributed by atoms with Crippen LogP contribution in [0, 0.1) is 11.8 Å². The quantitative estimate of drug-likeness (QED) is 0.569. The molecule has 0 unspecified atom stereocenters. The van der Waals surface area contributed by atoms with Crippen LogP contribution in [0.2, 0.25) is 0 Å². The Morgan fingerprint density at radius 2 is 2.05 bits per heavy atom. The molecule has 4 saturated heterocycles. The van der Waals surface area contributed by atoms with Crippen LogP contribution in [0.1, 0.15) is 13.3 Å². The lowest BCUT2D eigenvalue weighted by molar-refractivity contribution is -0.348. The Balaban J connectivity index is 1.64. The molecule has 6 nitrogen and oxygen atoms in total. The fraction of sp³-hybridized carbons (Fsp3) is 0.923. The molecule has 5 rings (SSSR count). The second kappa shape index (κ2) is 3.20. The minimum absolute atomic E-state index is 0.0106. The summed E-state index contributed by atoms with van der Waals surface area (Å²) in [5, 5.41) is 0. The summed E-state index contributed by atoms with van der Waals surface area (Å²) in [6, 6.07) is 0. The molecule has 6 atom stereocenters. The lowest BCUT2D eigenvalue weighted by Gasteiger charge is -2.49. The number of fused-ring (bicyclic) bond motifs is 8. The molecule has 1 spiro atoms. The molecule has 1 aliphatic carbocycles. The molecule has 0 N–H and O–H groups in total. The van der Waals surface area contributed by atoms with Gasteiger partial charge in [0, 0.05) is 12.3 Å². The van der Waals surface area contributed by atoms with Crippen molar-refractivity contribution in [3.63, 3.8) is 0 Å². The molecule has 2 bridgehead atoms. The Kier molecular flexibility index (Phi) is 1.88. The zero-order chi connectivity index (χ0) is 12.8. The van der Waals surface area contributed by atoms with Gasteiger partial charge in [0.25, 0.3) is 0 Å². The van der Waals surface area contributed by atoms with E-state index in [1.807, 2.05) is 6.92 Å². The maximum Gasteiger partial charge on any atom is 0.227 e. The predicted octanol–water partition coefficient (Wildman–Crippen LogP) is -0.153. The Labute approximate surface area is 110 Å². The molecule has 0 aromatic heterocycles. The average Bonchev–Trinajstić information content (AvgIpc) is 2.80. The largest absolute Gasteiger partial charge is 0.358 e. The van der Waals surface area contributed by atoms with E-state index in [1.165, 1.54) is 0 Å². The molecular weight excluding hydrogens is 252 g/mol. The van der Waals surface area contributed by atoms with Gasteiger partial charge in [0.2, 0.25) is 12.1 Å². The summed E-state index contributed by atoms with van der Waals surface area (Å²) in [6.45, 7) is 3.57. The number of hydrogen-bond donors (Lipinski definition) is 0. The first kappa shape index (κ1) is 11.2. The molecule has 5 aliphatic rings. The Bertz CT molecular complexity index is 458. The molecule has 1 saturated carbocycles. The summed E-state index contributed by atoms with van der Waals surface area (Å²) in [5.74, 6) is -0.641. The van der Waals surface area contributed by atoms with E-state index in [4.69, 9.17) is 23.7 Å². The smallest absolute Gasteiger partial charge is 0.227 e. The van der Waals surface area contributed by atoms with E-state index >= 15 is 0 Å². The van der Waals surface area contributed by atoms with Gasteiger partial charge in [-0.3, -0.25) is 4.79 Å². The highest BCUT2D eigenvalue weighted by Crippen LogP contribution is 2.62. The Morgan fingerprint density at radius 1 is 1.26 bits per heavy atom. The van der Waals surface area contributed by atoms with Gasteiger partial charge in [-0.2, -0.15) is 0 Å². The summed E-state index contributed by atoms with van der Waals surface area (Å²) in [5.41, 5.74) is -0.474. The third-order valence-electron chi connectivity index (χ3n) is 5.30. The van der Waals surface area contributed by atoms with Crippen molar-refractivity contribution < 1.29 is 28.5 Å². The van der Waals surface area contributed by atoms with E-state index in [0.29, 0.717) is 26.2 Å². The zero-order valence-corrected chi connectivity index (χ0v) is 10.7. The molecule has 0 aromatic rings. The molecular formula is C13H16O6. The van der Waals surface area contributed by atoms with Crippen LogP contribution < -0.4 is 0 Å². The van der Waals surface area contributed by atoms with Crippen LogP contribution in [0.4, 0.5) is 0 Å². The van der Waals surface area contributed by atoms with Crippen LogP contribution in [-0.4, -0.2) is 55.5 Å². The molecule has 6 heteroatoms. The fourth-order valence-corrected chi connectivity index (χ4v) is 4.53. The summed E-state index contributed by atoms with van der Waals surface area (Å²) in [7, 11) is 0. The van der Waals surface area contributed by atoms with Crippen molar-refractivity contribution in [3.05, 3.63) is 0 Å². The highest BCUT2D eigenvalue weighted by Gasteiger charge is 2.78. The highest BCUT2D eigenvalue weighted by atomic mass is 16.8. The number of hydrogen-bond acceptors (Lipinski definition) is 6. The number of carbonyl (C=O) groups excluding carboxylic acids is 1. The van der Waals surface area contributed by atoms with E-state index in [9.17, 15) is 4.79 Å². The molecule has 4 aliphatic heterocycles. The monoisotopic (exact) mass is 268 g/mol. The third-order valence-corrected chi connectivity index (χ3v) is 5.30. The first-order valence-electron chi connectivity index (χ1n) is 6.91. The van der Waals surface area contributed by atoms with Crippen molar-refractivity contribution in [2.45, 2.75) is 43.2 Å². The number of ketones is 1. The van der Waals surface area contributed by atoms with Crippen LogP contribution >= 0.6 is 0 Å². The summed E-state index contributed by atoms with van der Waals surface area (Å²) < 4.78 is 29.2. The van der Waals surface area contributed by atoms with Crippen LogP contribution in [0.5, 0.6) is 0 Å². The maximum absolute atomic E-state index is 12.1. The minimum atomic E-state index is -0.887. The average molecular weight is 268 g/mol. The normalized spacial score (nSPS) is 57.1. The summed E-state index contributed by atoms with van der Waals surface area (Å²) in [6.07, 6.45) is -0.355. The van der Waals surface area contributed by atoms with Crippen molar-refractivity contribution in [3.8, 4) is 0 Å². The van der Waals surface area contributed by atoms with E-state index in [0.717, 1.165) is 0 Å². The van der Waals surface area contributed by atoms with Crippen molar-refractivity contribution in [2.24, 2.45) is 11.8 Å². The second-order valence-corrected chi connectivity index (χ2v) is 6.25. The SMILES string of the molecule is C[C@]12O[C@H]1C(=O)C[C@H]1[C@@H]2C2(OCCO2)[C@@H]2OC[C@H]1O2. The molecule has 19 heavy (non-hydrogen) atoms. The van der Waals surface area contributed by atoms with Gasteiger partial charge in [-0.1, -0.05) is 0 Å². The van der Waals surface area contributed by atoms with E-state index in [1.54, 1.807) is 0 Å². The van der Waals surface area contributed by atoms with Gasteiger partial charge in [0.05, 0.1) is 31.8 Å². The van der Waals surface area contributed by atoms with Crippen LogP contribution in [0.3, 0.4) is 0 Å². The van der Waals surface area contributed by atoms with Gasteiger partial charge in [0.15, 0.2) is 5.78 Å². The first-order chi connectivity index (χ1) is 9.15. The Morgan fingerprint density at radius 3 is 2.84 bits per heavy atom. The van der Waals surface area contributed by atoms with Crippen molar-refractivity contribution in [1.82, 2.24) is 0 Å². The van der Waals surface area contributed by atoms with Crippen LogP contribution in [0.15, 0.2) is 0 Å². The third kappa shape index (κ3) is 1.14. The number of epoxide rings is 1. The molecule has 0 amide bonds. The van der Waals surface area contributed by atoms with Crippen molar-refractivity contribution in [2.75, 3.05) is 19.8 Å². The predicted molar refractivity (Wildman–Crippen MR) is 59.1 cm³/mol. The van der Waals surface area contributed by atoms with Crippen LogP contribution in [-0.2, 0) is 28.5 Å². The Hall–Kier alpha value is -0.530. The molecule has 104 valence electrons. The number of carbonyl (C=O) groups is 1. The van der Waals surface area contributed by atoms with E-state index in [2.05, 4.69) is 0 Å². The standard InChI is InChI=1S/C13H16O6/c1-12-9-6(4-7(14)10(12)19-12)8-5-15-11(18-8)13(9)16-2-3-17-13/h6,8-11H,2-5H2,1H3/t6-,8-,9+,10+,11-,12-/m1/s1. The first-order valence-corrected chi connectivity index (χ1v) is 6.91. The van der Waals surface area contributed by atoms with Gasteiger partial charge in [-0.05, 0) is 6.92 Å². The van der Waals surface area contributed by atoms with Crippen molar-refractivity contribution >= 4 is 5.78 Å². The van der Waals surface area contributed by atoms with Crippen molar-refractivity contribution in [1.29, 1.82) is 0 Å². The summed E-state index contributed by atoms with van der Waals surface area (Å²) >= 11 is 0. The summed E-state index contributed by atoms with van der Waals surface area (Å²) in [4.78, 5) is 12.1. The maximum atomic E-state index is 12.1. The van der Waals surface area contributed by atoms with E-state index < -0.39 is 17.7 Å². The number of rotatable bonds is 0. The fourth-order valence-electron chi connectivity index (χ4n) is 4.53. The van der Waals surface area contributed by atoms with Gasteiger partial charge in [0.1, 0.15) is 11.7 Å². The minimum Gasteiger partial charge on any atom is -0.358 e. The molecule has 4 heterocycles. The van der Waals surface area contributed by atoms with Gasteiger partial charge in [-0.25, -0.2) is 0 Å². The zero-order valence-electron chi connectivity index (χ0n) is 10.7. The topological polar surface area (TPSA) is 66.5 Å². The lowest BCUT2D eigenvalue weighted by atomic mass is 9.65. The lowest BCUT2D eigenvalue weighted by Crippen LogP contribution is -2.64. The van der Waals surface area contributed by atoms with Crippen LogP contribution in [0.25, 0.3) is 0 Å². The molecule has 0 radical (unpaired) electrons. The van der Waals surface area contributed by atoms with Gasteiger partial charge < -0.3 is 23.7 Å². The molecule has 5 fully saturated rings. The van der Waals surface area contributed by atoms with Gasteiger partial charge in [-0.15, -0.1) is 0 Å². The van der Waals surface area contributed by atoms with E-state index in [-0.39, 0.29) is 29.8 Å². The highest BCUT2D eigenvalue weighted by molar-refractivity contribution is 5.88. The second-order valence-electron chi connectivity index (χ2n) is 6.25. The number of ether oxygens (including phenoxy) is 5.